The van der Waals surface area contributed by atoms with E-state index >= 15 is 0 Å². The van der Waals surface area contributed by atoms with E-state index in [9.17, 15) is 9.18 Å². The molecule has 104 valence electrons. The third kappa shape index (κ3) is 5.52. The summed E-state index contributed by atoms with van der Waals surface area (Å²) in [6.07, 6.45) is 2.36. The summed E-state index contributed by atoms with van der Waals surface area (Å²) in [5.74, 6) is -0.424. The van der Waals surface area contributed by atoms with Crippen molar-refractivity contribution in [2.75, 3.05) is 11.9 Å². The number of rotatable bonds is 3. The van der Waals surface area contributed by atoms with Gasteiger partial charge in [-0.2, -0.15) is 0 Å². The van der Waals surface area contributed by atoms with Crippen LogP contribution in [0.4, 0.5) is 14.9 Å². The zero-order valence-electron chi connectivity index (χ0n) is 11.2. The minimum atomic E-state index is -0.613. The number of benzene rings is 1. The number of nitrogens with one attached hydrogen (secondary N) is 1. The minimum Gasteiger partial charge on any atom is -0.444 e. The molecule has 0 bridgehead atoms. The molecule has 19 heavy (non-hydrogen) atoms. The number of anilines is 1. The zero-order valence-corrected chi connectivity index (χ0v) is 11.2. The summed E-state index contributed by atoms with van der Waals surface area (Å²) in [4.78, 5) is 11.6. The SMILES string of the molecule is CC(C)(C)OC(=O)Nc1ccc(F)cc1/C=C/CO. The van der Waals surface area contributed by atoms with Gasteiger partial charge in [0.05, 0.1) is 12.3 Å². The first-order chi connectivity index (χ1) is 8.81. The largest absolute Gasteiger partial charge is 0.444 e. The van der Waals surface area contributed by atoms with Crippen molar-refractivity contribution < 1.29 is 19.0 Å². The molecular formula is C14H18FNO3. The molecule has 1 aromatic carbocycles. The first-order valence-corrected chi connectivity index (χ1v) is 5.89. The summed E-state index contributed by atoms with van der Waals surface area (Å²) in [6.45, 7) is 5.10. The number of hydrogen-bond donors (Lipinski definition) is 2. The highest BCUT2D eigenvalue weighted by atomic mass is 19.1. The molecular weight excluding hydrogens is 249 g/mol. The fourth-order valence-corrected chi connectivity index (χ4v) is 1.38. The first kappa shape index (κ1) is 15.2. The molecule has 0 unspecified atom stereocenters. The average Bonchev–Trinajstić information content (AvgIpc) is 2.27. The Morgan fingerprint density at radius 2 is 2.16 bits per heavy atom. The van der Waals surface area contributed by atoms with Crippen LogP contribution in [0.15, 0.2) is 24.3 Å². The number of carbonyl (C=O) groups excluding carboxylic acids is 1. The summed E-state index contributed by atoms with van der Waals surface area (Å²) < 4.78 is 18.3. The van der Waals surface area contributed by atoms with Gasteiger partial charge in [-0.15, -0.1) is 0 Å². The highest BCUT2D eigenvalue weighted by molar-refractivity contribution is 5.88. The second-order valence-electron chi connectivity index (χ2n) is 4.94. The zero-order chi connectivity index (χ0) is 14.5. The maximum Gasteiger partial charge on any atom is 0.412 e. The lowest BCUT2D eigenvalue weighted by atomic mass is 10.1. The molecule has 1 rings (SSSR count). The molecule has 0 heterocycles. The van der Waals surface area contributed by atoms with Crippen LogP contribution in [0.3, 0.4) is 0 Å². The smallest absolute Gasteiger partial charge is 0.412 e. The molecule has 0 saturated carbocycles. The molecule has 4 nitrogen and oxygen atoms in total. The topological polar surface area (TPSA) is 58.6 Å². The predicted molar refractivity (Wildman–Crippen MR) is 72.4 cm³/mol. The van der Waals surface area contributed by atoms with Gasteiger partial charge in [-0.1, -0.05) is 12.2 Å². The molecule has 0 aliphatic heterocycles. The standard InChI is InChI=1S/C14H18FNO3/c1-14(2,3)19-13(18)16-12-7-6-11(15)9-10(12)5-4-8-17/h4-7,9,17H,8H2,1-3H3,(H,16,18)/b5-4+. The molecule has 0 atom stereocenters. The van der Waals surface area contributed by atoms with Crippen LogP contribution in [0, 0.1) is 5.82 Å². The monoisotopic (exact) mass is 267 g/mol. The highest BCUT2D eigenvalue weighted by Gasteiger charge is 2.16. The number of hydrogen-bond acceptors (Lipinski definition) is 3. The maximum atomic E-state index is 13.1. The predicted octanol–water partition coefficient (Wildman–Crippen LogP) is 3.18. The van der Waals surface area contributed by atoms with Crippen molar-refractivity contribution in [3.05, 3.63) is 35.7 Å². The van der Waals surface area contributed by atoms with E-state index in [1.807, 2.05) is 0 Å². The lowest BCUT2D eigenvalue weighted by Crippen LogP contribution is -2.27. The van der Waals surface area contributed by atoms with Gasteiger partial charge in [0.2, 0.25) is 0 Å². The van der Waals surface area contributed by atoms with E-state index < -0.39 is 17.5 Å². The van der Waals surface area contributed by atoms with Crippen LogP contribution in [0.25, 0.3) is 6.08 Å². The molecule has 0 spiro atoms. The van der Waals surface area contributed by atoms with Crippen molar-refractivity contribution in [3.63, 3.8) is 0 Å². The second-order valence-corrected chi connectivity index (χ2v) is 4.94. The van der Waals surface area contributed by atoms with E-state index in [-0.39, 0.29) is 6.61 Å². The molecule has 0 radical (unpaired) electrons. The fourth-order valence-electron chi connectivity index (χ4n) is 1.38. The molecule has 0 aliphatic carbocycles. The summed E-state index contributed by atoms with van der Waals surface area (Å²) in [6, 6.07) is 3.94. The van der Waals surface area contributed by atoms with Crippen molar-refractivity contribution in [2.24, 2.45) is 0 Å². The number of halogens is 1. The number of amides is 1. The third-order valence-corrected chi connectivity index (χ3v) is 2.05. The normalized spacial score (nSPS) is 11.6. The van der Waals surface area contributed by atoms with Crippen LogP contribution in [-0.2, 0) is 4.74 Å². The summed E-state index contributed by atoms with van der Waals surface area (Å²) >= 11 is 0. The van der Waals surface area contributed by atoms with Crippen molar-refractivity contribution in [1.29, 1.82) is 0 Å². The summed E-state index contributed by atoms with van der Waals surface area (Å²) in [5, 5.41) is 11.3. The lowest BCUT2D eigenvalue weighted by Gasteiger charge is -2.20. The van der Waals surface area contributed by atoms with Crippen LogP contribution in [0.5, 0.6) is 0 Å². The Hall–Kier alpha value is -1.88. The number of aliphatic hydroxyl groups excluding tert-OH is 1. The van der Waals surface area contributed by atoms with E-state index in [1.54, 1.807) is 20.8 Å². The third-order valence-electron chi connectivity index (χ3n) is 2.05. The fraction of sp³-hybridized carbons (Fsp3) is 0.357. The molecule has 0 aliphatic rings. The van der Waals surface area contributed by atoms with Gasteiger partial charge in [0.15, 0.2) is 0 Å². The van der Waals surface area contributed by atoms with Gasteiger partial charge in [0.25, 0.3) is 0 Å². The molecule has 5 heteroatoms. The van der Waals surface area contributed by atoms with Crippen LogP contribution >= 0.6 is 0 Å². The van der Waals surface area contributed by atoms with Crippen LogP contribution in [0.1, 0.15) is 26.3 Å². The van der Waals surface area contributed by atoms with Crippen molar-refractivity contribution in [1.82, 2.24) is 0 Å². The Labute approximate surface area is 111 Å². The van der Waals surface area contributed by atoms with Crippen LogP contribution in [0.2, 0.25) is 0 Å². The molecule has 0 fully saturated rings. The summed E-state index contributed by atoms with van der Waals surface area (Å²) in [7, 11) is 0. The van der Waals surface area contributed by atoms with Gasteiger partial charge in [-0.3, -0.25) is 5.32 Å². The molecule has 0 aromatic heterocycles. The molecule has 1 aromatic rings. The van der Waals surface area contributed by atoms with E-state index in [2.05, 4.69) is 5.32 Å². The molecule has 0 saturated heterocycles. The van der Waals surface area contributed by atoms with Crippen molar-refractivity contribution >= 4 is 17.9 Å². The van der Waals surface area contributed by atoms with E-state index in [0.29, 0.717) is 11.3 Å². The maximum absolute atomic E-state index is 13.1. The lowest BCUT2D eigenvalue weighted by molar-refractivity contribution is 0.0636. The van der Waals surface area contributed by atoms with Crippen molar-refractivity contribution in [2.45, 2.75) is 26.4 Å². The second kappa shape index (κ2) is 6.33. The Balaban J connectivity index is 2.88. The van der Waals surface area contributed by atoms with E-state index in [0.717, 1.165) is 0 Å². The number of ether oxygens (including phenoxy) is 1. The van der Waals surface area contributed by atoms with E-state index in [1.165, 1.54) is 30.4 Å². The van der Waals surface area contributed by atoms with Gasteiger partial charge in [-0.05, 0) is 39.0 Å². The van der Waals surface area contributed by atoms with Gasteiger partial charge < -0.3 is 9.84 Å². The van der Waals surface area contributed by atoms with Crippen molar-refractivity contribution in [3.8, 4) is 0 Å². The Kier molecular flexibility index (Phi) is 5.06. The Morgan fingerprint density at radius 1 is 1.47 bits per heavy atom. The first-order valence-electron chi connectivity index (χ1n) is 5.89. The Bertz CT molecular complexity index is 478. The van der Waals surface area contributed by atoms with Gasteiger partial charge in [-0.25, -0.2) is 9.18 Å². The van der Waals surface area contributed by atoms with E-state index in [4.69, 9.17) is 9.84 Å². The number of aliphatic hydroxyl groups is 1. The van der Waals surface area contributed by atoms with Crippen LogP contribution in [-0.4, -0.2) is 23.4 Å². The Morgan fingerprint density at radius 3 is 2.74 bits per heavy atom. The molecule has 1 amide bonds. The quantitative estimate of drug-likeness (QED) is 0.884. The highest BCUT2D eigenvalue weighted by Crippen LogP contribution is 2.20. The minimum absolute atomic E-state index is 0.164. The van der Waals surface area contributed by atoms with Gasteiger partial charge in [0, 0.05) is 5.56 Å². The van der Waals surface area contributed by atoms with Gasteiger partial charge >= 0.3 is 6.09 Å². The average molecular weight is 267 g/mol. The van der Waals surface area contributed by atoms with Crippen LogP contribution < -0.4 is 5.32 Å². The molecule has 2 N–H and O–H groups in total. The number of carbonyl (C=O) groups is 1. The summed E-state index contributed by atoms with van der Waals surface area (Å²) in [5.41, 5.74) is 0.269. The van der Waals surface area contributed by atoms with Gasteiger partial charge in [0.1, 0.15) is 11.4 Å².